The minimum atomic E-state index is -3.50. The molecular formula is C20H20FN3O3S. The van der Waals surface area contributed by atoms with Crippen LogP contribution in [0.15, 0.2) is 57.9 Å². The molecule has 1 aromatic heterocycles. The van der Waals surface area contributed by atoms with Crippen molar-refractivity contribution >= 4 is 10.0 Å². The summed E-state index contributed by atoms with van der Waals surface area (Å²) in [6, 6.07) is 12.3. The Hall–Kier alpha value is -2.58. The van der Waals surface area contributed by atoms with Crippen molar-refractivity contribution in [2.24, 2.45) is 5.92 Å². The number of sulfonamides is 1. The summed E-state index contributed by atoms with van der Waals surface area (Å²) in [6.45, 7) is 3.24. The van der Waals surface area contributed by atoms with E-state index in [1.807, 2.05) is 0 Å². The van der Waals surface area contributed by atoms with Gasteiger partial charge in [-0.3, -0.25) is 0 Å². The molecule has 0 saturated carbocycles. The van der Waals surface area contributed by atoms with Crippen LogP contribution in [-0.4, -0.2) is 36.0 Å². The summed E-state index contributed by atoms with van der Waals surface area (Å²) in [4.78, 5) is 4.53. The first-order chi connectivity index (χ1) is 13.4. The molecule has 1 fully saturated rings. The number of nitrogens with zero attached hydrogens (tertiary/aromatic N) is 3. The molecule has 1 saturated heterocycles. The summed E-state index contributed by atoms with van der Waals surface area (Å²) in [5, 5.41) is 3.91. The first-order valence-corrected chi connectivity index (χ1v) is 10.6. The van der Waals surface area contributed by atoms with Crippen LogP contribution in [0.5, 0.6) is 0 Å². The molecule has 2 aromatic carbocycles. The number of hydrogen-bond acceptors (Lipinski definition) is 5. The summed E-state index contributed by atoms with van der Waals surface area (Å²) >= 11 is 0. The van der Waals surface area contributed by atoms with Crippen molar-refractivity contribution in [1.82, 2.24) is 14.4 Å². The minimum Gasteiger partial charge on any atom is -0.334 e. The summed E-state index contributed by atoms with van der Waals surface area (Å²) in [7, 11) is -3.50. The Kier molecular flexibility index (Phi) is 4.99. The summed E-state index contributed by atoms with van der Waals surface area (Å²) in [5.74, 6) is 0.682. The van der Waals surface area contributed by atoms with Crippen LogP contribution in [0.4, 0.5) is 4.39 Å². The number of rotatable bonds is 4. The van der Waals surface area contributed by atoms with Gasteiger partial charge in [-0.15, -0.1) is 0 Å². The number of halogens is 1. The Morgan fingerprint density at radius 3 is 2.46 bits per heavy atom. The van der Waals surface area contributed by atoms with Gasteiger partial charge < -0.3 is 4.52 Å². The van der Waals surface area contributed by atoms with Gasteiger partial charge in [0.05, 0.1) is 4.90 Å². The van der Waals surface area contributed by atoms with E-state index in [2.05, 4.69) is 17.1 Å². The van der Waals surface area contributed by atoms with Crippen molar-refractivity contribution < 1.29 is 17.3 Å². The molecule has 2 heterocycles. The fourth-order valence-electron chi connectivity index (χ4n) is 3.23. The Morgan fingerprint density at radius 2 is 1.79 bits per heavy atom. The fourth-order valence-corrected chi connectivity index (χ4v) is 4.70. The predicted octanol–water partition coefficient (Wildman–Crippen LogP) is 3.96. The third kappa shape index (κ3) is 3.70. The zero-order valence-electron chi connectivity index (χ0n) is 15.4. The molecule has 8 heteroatoms. The molecular weight excluding hydrogens is 381 g/mol. The maximum atomic E-state index is 13.4. The molecule has 0 bridgehead atoms. The molecule has 0 atom stereocenters. The number of piperidine rings is 1. The highest BCUT2D eigenvalue weighted by molar-refractivity contribution is 7.89. The predicted molar refractivity (Wildman–Crippen MR) is 102 cm³/mol. The number of hydrogen-bond donors (Lipinski definition) is 0. The normalized spacial score (nSPS) is 16.4. The van der Waals surface area contributed by atoms with Crippen molar-refractivity contribution in [1.29, 1.82) is 0 Å². The lowest BCUT2D eigenvalue weighted by Gasteiger charge is -2.29. The lowest BCUT2D eigenvalue weighted by atomic mass is 10.0. The van der Waals surface area contributed by atoms with E-state index >= 15 is 0 Å². The average molecular weight is 401 g/mol. The zero-order valence-corrected chi connectivity index (χ0v) is 16.2. The molecule has 1 aliphatic heterocycles. The lowest BCUT2D eigenvalue weighted by Crippen LogP contribution is -2.37. The van der Waals surface area contributed by atoms with E-state index in [1.165, 1.54) is 12.1 Å². The van der Waals surface area contributed by atoms with E-state index in [0.29, 0.717) is 36.0 Å². The SMILES string of the molecule is CC1CCN(S(=O)(=O)c2ccc(-c3noc(-c4cccc(F)c4)n3)cc2)CC1. The van der Waals surface area contributed by atoms with Gasteiger partial charge in [-0.05, 0) is 61.2 Å². The van der Waals surface area contributed by atoms with Gasteiger partial charge in [0.15, 0.2) is 0 Å². The second-order valence-electron chi connectivity index (χ2n) is 7.04. The van der Waals surface area contributed by atoms with Crippen molar-refractivity contribution in [2.45, 2.75) is 24.7 Å². The van der Waals surface area contributed by atoms with Crippen molar-refractivity contribution in [3.63, 3.8) is 0 Å². The van der Waals surface area contributed by atoms with Crippen LogP contribution >= 0.6 is 0 Å². The van der Waals surface area contributed by atoms with Gasteiger partial charge in [-0.2, -0.15) is 9.29 Å². The topological polar surface area (TPSA) is 76.3 Å². The van der Waals surface area contributed by atoms with Gasteiger partial charge in [0.25, 0.3) is 5.89 Å². The second kappa shape index (κ2) is 7.44. The molecule has 0 aliphatic carbocycles. The van der Waals surface area contributed by atoms with Crippen LogP contribution in [0, 0.1) is 11.7 Å². The highest BCUT2D eigenvalue weighted by Gasteiger charge is 2.28. The third-order valence-corrected chi connectivity index (χ3v) is 6.90. The number of aromatic nitrogens is 2. The number of benzene rings is 2. The Morgan fingerprint density at radius 1 is 1.07 bits per heavy atom. The standard InChI is InChI=1S/C20H20FN3O3S/c1-14-9-11-24(12-10-14)28(25,26)18-7-5-15(6-8-18)19-22-20(27-23-19)16-3-2-4-17(21)13-16/h2-8,13-14H,9-12H2,1H3. The Bertz CT molecular complexity index is 1070. The molecule has 0 radical (unpaired) electrons. The van der Waals surface area contributed by atoms with E-state index in [0.717, 1.165) is 12.8 Å². The van der Waals surface area contributed by atoms with Gasteiger partial charge in [0.1, 0.15) is 5.82 Å². The van der Waals surface area contributed by atoms with Crippen LogP contribution in [-0.2, 0) is 10.0 Å². The van der Waals surface area contributed by atoms with Gasteiger partial charge in [-0.1, -0.05) is 18.1 Å². The van der Waals surface area contributed by atoms with E-state index < -0.39 is 10.0 Å². The van der Waals surface area contributed by atoms with Crippen LogP contribution in [0.3, 0.4) is 0 Å². The van der Waals surface area contributed by atoms with E-state index in [4.69, 9.17) is 4.52 Å². The molecule has 0 amide bonds. The molecule has 28 heavy (non-hydrogen) atoms. The minimum absolute atomic E-state index is 0.202. The van der Waals surface area contributed by atoms with Gasteiger partial charge in [-0.25, -0.2) is 12.8 Å². The van der Waals surface area contributed by atoms with Gasteiger partial charge in [0, 0.05) is 24.2 Å². The molecule has 1 aliphatic rings. The van der Waals surface area contributed by atoms with Crippen LogP contribution in [0.2, 0.25) is 0 Å². The van der Waals surface area contributed by atoms with Gasteiger partial charge >= 0.3 is 0 Å². The first-order valence-electron chi connectivity index (χ1n) is 9.14. The Labute approximate surface area is 163 Å². The van der Waals surface area contributed by atoms with Crippen molar-refractivity contribution in [3.05, 3.63) is 54.3 Å². The maximum absolute atomic E-state index is 13.4. The monoisotopic (exact) mass is 401 g/mol. The third-order valence-electron chi connectivity index (χ3n) is 4.99. The van der Waals surface area contributed by atoms with E-state index in [1.54, 1.807) is 40.7 Å². The zero-order chi connectivity index (χ0) is 19.7. The van der Waals surface area contributed by atoms with Gasteiger partial charge in [0.2, 0.25) is 15.8 Å². The molecule has 0 spiro atoms. The molecule has 0 unspecified atom stereocenters. The molecule has 6 nitrogen and oxygen atoms in total. The van der Waals surface area contributed by atoms with Crippen molar-refractivity contribution in [3.8, 4) is 22.8 Å². The molecule has 4 rings (SSSR count). The summed E-state index contributed by atoms with van der Waals surface area (Å²) in [5.41, 5.74) is 1.11. The summed E-state index contributed by atoms with van der Waals surface area (Å²) in [6.07, 6.45) is 1.76. The highest BCUT2D eigenvalue weighted by atomic mass is 32.2. The van der Waals surface area contributed by atoms with E-state index in [-0.39, 0.29) is 16.6 Å². The largest absolute Gasteiger partial charge is 0.334 e. The first kappa shape index (κ1) is 18.8. The quantitative estimate of drug-likeness (QED) is 0.661. The Balaban J connectivity index is 1.55. The van der Waals surface area contributed by atoms with E-state index in [9.17, 15) is 12.8 Å². The fraction of sp³-hybridized carbons (Fsp3) is 0.300. The average Bonchev–Trinajstić information content (AvgIpc) is 3.19. The molecule has 3 aromatic rings. The molecule has 0 N–H and O–H groups in total. The van der Waals surface area contributed by atoms with Crippen LogP contribution in [0.1, 0.15) is 19.8 Å². The maximum Gasteiger partial charge on any atom is 0.258 e. The highest BCUT2D eigenvalue weighted by Crippen LogP contribution is 2.26. The lowest BCUT2D eigenvalue weighted by molar-refractivity contribution is 0.288. The van der Waals surface area contributed by atoms with Crippen LogP contribution in [0.25, 0.3) is 22.8 Å². The van der Waals surface area contributed by atoms with Crippen LogP contribution < -0.4 is 0 Å². The smallest absolute Gasteiger partial charge is 0.258 e. The summed E-state index contributed by atoms with van der Waals surface area (Å²) < 4.78 is 45.7. The van der Waals surface area contributed by atoms with Crippen molar-refractivity contribution in [2.75, 3.05) is 13.1 Å². The molecule has 146 valence electrons. The second-order valence-corrected chi connectivity index (χ2v) is 8.98.